The first-order valence-electron chi connectivity index (χ1n) is 10.9. The number of hydrogen-bond donors (Lipinski definition) is 1. The molecule has 0 spiro atoms. The van der Waals surface area contributed by atoms with Crippen LogP contribution in [0.3, 0.4) is 0 Å². The Balaban J connectivity index is 1.87. The van der Waals surface area contributed by atoms with Crippen LogP contribution in [-0.2, 0) is 17.6 Å². The van der Waals surface area contributed by atoms with Crippen molar-refractivity contribution in [1.82, 2.24) is 4.90 Å². The molecule has 4 nitrogen and oxygen atoms in total. The van der Waals surface area contributed by atoms with Crippen molar-refractivity contribution in [2.24, 2.45) is 5.92 Å². The van der Waals surface area contributed by atoms with Crippen LogP contribution in [0.5, 0.6) is 5.75 Å². The van der Waals surface area contributed by atoms with E-state index in [-0.39, 0.29) is 11.9 Å². The summed E-state index contributed by atoms with van der Waals surface area (Å²) in [5.41, 5.74) is 4.00. The second-order valence-corrected chi connectivity index (χ2v) is 9.60. The summed E-state index contributed by atoms with van der Waals surface area (Å²) in [4.78, 5) is 16.1. The minimum atomic E-state index is 0.0101. The number of nitrogens with one attached hydrogen (secondary N) is 1. The van der Waals surface area contributed by atoms with E-state index in [1.165, 1.54) is 47.3 Å². The maximum absolute atomic E-state index is 12.0. The minimum absolute atomic E-state index is 0.0101. The van der Waals surface area contributed by atoms with E-state index in [1.54, 1.807) is 25.4 Å². The normalized spacial score (nSPS) is 18.9. The molecule has 156 valence electrons. The first-order chi connectivity index (χ1) is 14.1. The third-order valence-electron chi connectivity index (χ3n) is 6.39. The molecular weight excluding hydrogens is 380 g/mol. The fourth-order valence-electron chi connectivity index (χ4n) is 4.85. The number of likely N-dealkylation sites (tertiary alicyclic amines) is 1. The van der Waals surface area contributed by atoms with E-state index in [0.717, 1.165) is 42.6 Å². The quantitative estimate of drug-likeness (QED) is 0.713. The Bertz CT molecular complexity index is 868. The van der Waals surface area contributed by atoms with Gasteiger partial charge in [0, 0.05) is 22.9 Å². The summed E-state index contributed by atoms with van der Waals surface area (Å²) < 4.78 is 5.79. The van der Waals surface area contributed by atoms with Crippen molar-refractivity contribution < 1.29 is 9.53 Å². The van der Waals surface area contributed by atoms with Crippen molar-refractivity contribution in [3.8, 4) is 5.75 Å². The second-order valence-electron chi connectivity index (χ2n) is 8.50. The third kappa shape index (κ3) is 4.22. The van der Waals surface area contributed by atoms with Gasteiger partial charge in [-0.25, -0.2) is 0 Å². The van der Waals surface area contributed by atoms with Crippen LogP contribution in [0.4, 0.5) is 5.00 Å². The Labute approximate surface area is 178 Å². The molecule has 2 heterocycles. The minimum Gasteiger partial charge on any atom is -0.496 e. The number of carbonyl (C=O) groups is 1. The monoisotopic (exact) mass is 412 g/mol. The first kappa shape index (κ1) is 20.4. The first-order valence-corrected chi connectivity index (χ1v) is 11.7. The number of fused-ring (bicyclic) bond motifs is 1. The van der Waals surface area contributed by atoms with Gasteiger partial charge < -0.3 is 10.1 Å². The van der Waals surface area contributed by atoms with Gasteiger partial charge in [-0.15, -0.1) is 11.3 Å². The number of carbonyl (C=O) groups excluding carboxylic acids is 1. The third-order valence-corrected chi connectivity index (χ3v) is 7.62. The van der Waals surface area contributed by atoms with Gasteiger partial charge in [-0.3, -0.25) is 9.69 Å². The van der Waals surface area contributed by atoms with Gasteiger partial charge in [0.25, 0.3) is 0 Å². The van der Waals surface area contributed by atoms with Crippen LogP contribution in [0.2, 0.25) is 0 Å². The number of anilines is 1. The second kappa shape index (κ2) is 8.88. The molecule has 2 aromatic rings. The molecule has 0 bridgehead atoms. The molecule has 1 amide bonds. The lowest BCUT2D eigenvalue weighted by atomic mass is 9.87. The maximum Gasteiger partial charge on any atom is 0.221 e. The van der Waals surface area contributed by atoms with E-state index in [9.17, 15) is 4.79 Å². The van der Waals surface area contributed by atoms with Gasteiger partial charge in [0.15, 0.2) is 0 Å². The number of nitrogens with zero attached hydrogens (tertiary/aromatic N) is 1. The average Bonchev–Trinajstić information content (AvgIpc) is 3.07. The fraction of sp³-hybridized carbons (Fsp3) is 0.542. The Morgan fingerprint density at radius 2 is 1.93 bits per heavy atom. The van der Waals surface area contributed by atoms with Crippen molar-refractivity contribution in [3.63, 3.8) is 0 Å². The zero-order valence-electron chi connectivity index (χ0n) is 17.8. The van der Waals surface area contributed by atoms with E-state index in [1.807, 2.05) is 6.07 Å². The van der Waals surface area contributed by atoms with E-state index in [4.69, 9.17) is 4.74 Å². The molecule has 1 fully saturated rings. The molecule has 1 N–H and O–H groups in total. The number of methoxy groups -OCH3 is 1. The van der Waals surface area contributed by atoms with Crippen LogP contribution in [0.15, 0.2) is 24.3 Å². The van der Waals surface area contributed by atoms with Crippen LogP contribution in [0, 0.1) is 5.92 Å². The van der Waals surface area contributed by atoms with Crippen molar-refractivity contribution >= 4 is 22.2 Å². The largest absolute Gasteiger partial charge is 0.496 e. The molecule has 1 aromatic carbocycles. The lowest BCUT2D eigenvalue weighted by Gasteiger charge is -2.38. The van der Waals surface area contributed by atoms with Gasteiger partial charge in [0.2, 0.25) is 5.91 Å². The van der Waals surface area contributed by atoms with Crippen LogP contribution in [0.25, 0.3) is 0 Å². The maximum atomic E-state index is 12.0. The Morgan fingerprint density at radius 1 is 1.21 bits per heavy atom. The van der Waals surface area contributed by atoms with Gasteiger partial charge >= 0.3 is 0 Å². The topological polar surface area (TPSA) is 41.6 Å². The van der Waals surface area contributed by atoms with Crippen LogP contribution in [-0.4, -0.2) is 31.0 Å². The summed E-state index contributed by atoms with van der Waals surface area (Å²) in [5.74, 6) is 1.72. The molecule has 1 aliphatic carbocycles. The Morgan fingerprint density at radius 3 is 2.66 bits per heavy atom. The predicted octanol–water partition coefficient (Wildman–Crippen LogP) is 5.42. The summed E-state index contributed by atoms with van der Waals surface area (Å²) >= 11 is 1.79. The summed E-state index contributed by atoms with van der Waals surface area (Å²) in [6.07, 6.45) is 7.14. The van der Waals surface area contributed by atoms with Crippen LogP contribution >= 0.6 is 11.3 Å². The van der Waals surface area contributed by atoms with E-state index in [0.29, 0.717) is 0 Å². The van der Waals surface area contributed by atoms with Crippen molar-refractivity contribution in [1.29, 1.82) is 0 Å². The molecule has 0 radical (unpaired) electrons. The highest BCUT2D eigenvalue weighted by atomic mass is 32.1. The smallest absolute Gasteiger partial charge is 0.221 e. The highest BCUT2D eigenvalue weighted by molar-refractivity contribution is 7.16. The number of piperidine rings is 1. The molecule has 5 heteroatoms. The van der Waals surface area contributed by atoms with Gasteiger partial charge in [-0.2, -0.15) is 0 Å². The standard InChI is InChI=1S/C24H32N2O2S/c1-16-12-14-26(15-13-16)23(18-8-4-6-10-20(18)28-3)22-19-9-5-7-11-21(19)29-24(22)25-17(2)27/h4,6,8,10,16,23H,5,7,9,11-15H2,1-3H3,(H,25,27). The lowest BCUT2D eigenvalue weighted by molar-refractivity contribution is -0.114. The van der Waals surface area contributed by atoms with Crippen LogP contribution < -0.4 is 10.1 Å². The molecule has 4 rings (SSSR count). The van der Waals surface area contributed by atoms with E-state index >= 15 is 0 Å². The molecule has 1 aromatic heterocycles. The van der Waals surface area contributed by atoms with E-state index in [2.05, 4.69) is 35.3 Å². The van der Waals surface area contributed by atoms with Crippen molar-refractivity contribution in [2.75, 3.05) is 25.5 Å². The number of para-hydroxylation sites is 1. The summed E-state index contributed by atoms with van der Waals surface area (Å²) in [6, 6.07) is 8.53. The summed E-state index contributed by atoms with van der Waals surface area (Å²) in [5, 5.41) is 4.22. The highest BCUT2D eigenvalue weighted by Gasteiger charge is 2.34. The molecule has 0 saturated carbocycles. The van der Waals surface area contributed by atoms with Gasteiger partial charge in [0.1, 0.15) is 10.8 Å². The van der Waals surface area contributed by atoms with Gasteiger partial charge in [0.05, 0.1) is 13.2 Å². The lowest BCUT2D eigenvalue weighted by Crippen LogP contribution is -2.37. The summed E-state index contributed by atoms with van der Waals surface area (Å²) in [6.45, 7) is 6.12. The van der Waals surface area contributed by atoms with Crippen LogP contribution in [0.1, 0.15) is 67.1 Å². The van der Waals surface area contributed by atoms with Gasteiger partial charge in [-0.05, 0) is 69.2 Å². The SMILES string of the molecule is COc1ccccc1C(c1c(NC(C)=O)sc2c1CCCC2)N1CCC(C)CC1. The Kier molecular flexibility index (Phi) is 6.26. The van der Waals surface area contributed by atoms with Gasteiger partial charge in [-0.1, -0.05) is 25.1 Å². The predicted molar refractivity (Wildman–Crippen MR) is 120 cm³/mol. The Hall–Kier alpha value is -1.85. The number of rotatable bonds is 5. The van der Waals surface area contributed by atoms with Crippen molar-refractivity contribution in [3.05, 3.63) is 45.8 Å². The molecule has 1 unspecified atom stereocenters. The van der Waals surface area contributed by atoms with E-state index < -0.39 is 0 Å². The number of benzene rings is 1. The molecule has 2 aliphatic rings. The number of hydrogen-bond acceptors (Lipinski definition) is 4. The molecule has 1 aliphatic heterocycles. The zero-order chi connectivity index (χ0) is 20.4. The zero-order valence-corrected chi connectivity index (χ0v) is 18.6. The molecule has 1 saturated heterocycles. The summed E-state index contributed by atoms with van der Waals surface area (Å²) in [7, 11) is 1.76. The molecule has 1 atom stereocenters. The fourth-order valence-corrected chi connectivity index (χ4v) is 6.21. The van der Waals surface area contributed by atoms with Crippen molar-refractivity contribution in [2.45, 2.75) is 58.4 Å². The molecular formula is C24H32N2O2S. The number of amides is 1. The number of ether oxygens (including phenoxy) is 1. The molecule has 29 heavy (non-hydrogen) atoms. The average molecular weight is 413 g/mol. The highest BCUT2D eigenvalue weighted by Crippen LogP contribution is 2.47. The number of aryl methyl sites for hydroxylation is 1. The number of thiophene rings is 1.